The third kappa shape index (κ3) is 6.60. The van der Waals surface area contributed by atoms with Crippen molar-refractivity contribution in [2.75, 3.05) is 18.4 Å². The minimum atomic E-state index is -4.52. The van der Waals surface area contributed by atoms with E-state index < -0.39 is 23.8 Å². The van der Waals surface area contributed by atoms with E-state index in [4.69, 9.17) is 0 Å². The fourth-order valence-corrected chi connectivity index (χ4v) is 5.31. The van der Waals surface area contributed by atoms with Gasteiger partial charge in [0.2, 0.25) is 5.91 Å². The van der Waals surface area contributed by atoms with Gasteiger partial charge in [0.25, 0.3) is 0 Å². The second-order valence-electron chi connectivity index (χ2n) is 10.2. The predicted molar refractivity (Wildman–Crippen MR) is 143 cm³/mol. The Hall–Kier alpha value is -3.85. The number of nitrogens with one attached hydrogen (secondary N) is 2. The van der Waals surface area contributed by atoms with Gasteiger partial charge in [0.15, 0.2) is 0 Å². The maximum absolute atomic E-state index is 13.5. The van der Waals surface area contributed by atoms with Gasteiger partial charge in [-0.2, -0.15) is 13.2 Å². The minimum absolute atomic E-state index is 0.00456. The van der Waals surface area contributed by atoms with Crippen LogP contribution < -0.4 is 10.6 Å². The number of hydrogen-bond acceptors (Lipinski definition) is 3. The molecule has 3 aromatic carbocycles. The molecule has 3 amide bonds. The zero-order valence-corrected chi connectivity index (χ0v) is 21.5. The average molecular weight is 537 g/mol. The molecule has 0 radical (unpaired) electrons. The third-order valence-electron chi connectivity index (χ3n) is 7.44. The number of carbonyl (C=O) groups excluding carboxylic acids is 2. The number of benzene rings is 3. The number of carbonyl (C=O) groups is 2. The standard InChI is InChI=1S/C30H31F3N4O2/c31-30(32,33)24-11-6-12-26(18-24)35-29(39)37-20-23-10-5-4-9-22(23)17-27(37)28(38)34-25-13-15-36(16-14-25)19-21-7-2-1-3-8-21/h1-12,18,25,27H,13-17,19-20H2,(H,34,38)(H,35,39). The molecule has 0 aliphatic carbocycles. The van der Waals surface area contributed by atoms with E-state index in [1.54, 1.807) is 0 Å². The van der Waals surface area contributed by atoms with Crippen LogP contribution in [0.3, 0.4) is 0 Å². The van der Waals surface area contributed by atoms with Crippen LogP contribution in [0.25, 0.3) is 0 Å². The summed E-state index contributed by atoms with van der Waals surface area (Å²) in [4.78, 5) is 30.6. The summed E-state index contributed by atoms with van der Waals surface area (Å²) < 4.78 is 39.5. The molecule has 1 unspecified atom stereocenters. The number of hydrogen-bond donors (Lipinski definition) is 2. The molecule has 2 N–H and O–H groups in total. The highest BCUT2D eigenvalue weighted by atomic mass is 19.4. The van der Waals surface area contributed by atoms with E-state index in [1.807, 2.05) is 42.5 Å². The molecule has 2 aliphatic heterocycles. The molecule has 3 aromatic rings. The van der Waals surface area contributed by atoms with Gasteiger partial charge in [0, 0.05) is 44.3 Å². The number of nitrogens with zero attached hydrogens (tertiary/aromatic N) is 2. The predicted octanol–water partition coefficient (Wildman–Crippen LogP) is 5.45. The van der Waals surface area contributed by atoms with Gasteiger partial charge in [-0.25, -0.2) is 4.79 Å². The van der Waals surface area contributed by atoms with Crippen LogP contribution >= 0.6 is 0 Å². The van der Waals surface area contributed by atoms with Gasteiger partial charge in [-0.3, -0.25) is 9.69 Å². The lowest BCUT2D eigenvalue weighted by Gasteiger charge is -2.38. The number of fused-ring (bicyclic) bond motifs is 1. The van der Waals surface area contributed by atoms with E-state index in [0.29, 0.717) is 6.42 Å². The Morgan fingerprint density at radius 1 is 0.872 bits per heavy atom. The van der Waals surface area contributed by atoms with Crippen LogP contribution in [0.4, 0.5) is 23.7 Å². The number of amides is 3. The summed E-state index contributed by atoms with van der Waals surface area (Å²) in [7, 11) is 0. The first kappa shape index (κ1) is 26.7. The summed E-state index contributed by atoms with van der Waals surface area (Å²) in [5.41, 5.74) is 2.33. The number of likely N-dealkylation sites (tertiary alicyclic amines) is 1. The summed E-state index contributed by atoms with van der Waals surface area (Å²) in [6, 6.07) is 21.0. The molecule has 2 aliphatic rings. The molecule has 1 atom stereocenters. The maximum atomic E-state index is 13.5. The molecule has 0 aromatic heterocycles. The van der Waals surface area contributed by atoms with Gasteiger partial charge in [-0.05, 0) is 47.7 Å². The first-order chi connectivity index (χ1) is 18.8. The highest BCUT2D eigenvalue weighted by Gasteiger charge is 2.36. The van der Waals surface area contributed by atoms with Crippen molar-refractivity contribution < 1.29 is 22.8 Å². The van der Waals surface area contributed by atoms with E-state index in [-0.39, 0.29) is 24.2 Å². The van der Waals surface area contributed by atoms with E-state index in [9.17, 15) is 22.8 Å². The van der Waals surface area contributed by atoms with Crippen molar-refractivity contribution in [1.82, 2.24) is 15.1 Å². The summed E-state index contributed by atoms with van der Waals surface area (Å²) in [5, 5.41) is 5.72. The Labute approximate surface area is 225 Å². The fraction of sp³-hybridized carbons (Fsp3) is 0.333. The first-order valence-electron chi connectivity index (χ1n) is 13.1. The van der Waals surface area contributed by atoms with E-state index in [0.717, 1.165) is 55.7 Å². The molecule has 0 spiro atoms. The molecular weight excluding hydrogens is 505 g/mol. The number of piperidine rings is 1. The molecule has 1 saturated heterocycles. The van der Waals surface area contributed by atoms with Gasteiger partial charge in [0.05, 0.1) is 5.56 Å². The average Bonchev–Trinajstić information content (AvgIpc) is 2.93. The van der Waals surface area contributed by atoms with Crippen molar-refractivity contribution >= 4 is 17.6 Å². The lowest BCUT2D eigenvalue weighted by atomic mass is 9.93. The smallest absolute Gasteiger partial charge is 0.351 e. The topological polar surface area (TPSA) is 64.7 Å². The lowest BCUT2D eigenvalue weighted by Crippen LogP contribution is -2.56. The summed E-state index contributed by atoms with van der Waals surface area (Å²) in [5.74, 6) is -0.245. The SMILES string of the molecule is O=C(NC1CCN(Cc2ccccc2)CC1)C1Cc2ccccc2CN1C(=O)Nc1cccc(C(F)(F)F)c1. The van der Waals surface area contributed by atoms with Gasteiger partial charge in [-0.1, -0.05) is 60.7 Å². The van der Waals surface area contributed by atoms with Crippen LogP contribution in [0.15, 0.2) is 78.9 Å². The zero-order chi connectivity index (χ0) is 27.4. The van der Waals surface area contributed by atoms with Crippen molar-refractivity contribution in [3.63, 3.8) is 0 Å². The number of alkyl halides is 3. The molecule has 6 nitrogen and oxygen atoms in total. The zero-order valence-electron chi connectivity index (χ0n) is 21.5. The van der Waals surface area contributed by atoms with Crippen LogP contribution in [0, 0.1) is 0 Å². The van der Waals surface area contributed by atoms with Crippen molar-refractivity contribution in [2.24, 2.45) is 0 Å². The van der Waals surface area contributed by atoms with E-state index >= 15 is 0 Å². The minimum Gasteiger partial charge on any atom is -0.351 e. The van der Waals surface area contributed by atoms with Crippen molar-refractivity contribution in [1.29, 1.82) is 0 Å². The largest absolute Gasteiger partial charge is 0.416 e. The molecule has 0 saturated carbocycles. The molecule has 204 valence electrons. The molecule has 5 rings (SSSR count). The summed E-state index contributed by atoms with van der Waals surface area (Å²) in [6.45, 7) is 2.76. The fourth-order valence-electron chi connectivity index (χ4n) is 5.31. The Balaban J connectivity index is 1.25. The number of rotatable bonds is 5. The van der Waals surface area contributed by atoms with Crippen molar-refractivity contribution in [3.8, 4) is 0 Å². The van der Waals surface area contributed by atoms with E-state index in [2.05, 4.69) is 27.7 Å². The summed E-state index contributed by atoms with van der Waals surface area (Å²) in [6.07, 6.45) is -2.58. The van der Waals surface area contributed by atoms with Crippen molar-refractivity contribution in [3.05, 3.63) is 101 Å². The lowest BCUT2D eigenvalue weighted by molar-refractivity contribution is -0.137. The molecule has 0 bridgehead atoms. The molecule has 9 heteroatoms. The first-order valence-corrected chi connectivity index (χ1v) is 13.1. The van der Waals surface area contributed by atoms with Gasteiger partial charge >= 0.3 is 12.2 Å². The third-order valence-corrected chi connectivity index (χ3v) is 7.44. The van der Waals surface area contributed by atoms with Crippen LogP contribution in [-0.4, -0.2) is 46.9 Å². The molecule has 1 fully saturated rings. The number of halogens is 3. The normalized spacial score (nSPS) is 18.3. The van der Waals surface area contributed by atoms with Crippen LogP contribution in [0.1, 0.15) is 35.1 Å². The number of urea groups is 1. The Bertz CT molecular complexity index is 1310. The quantitative estimate of drug-likeness (QED) is 0.456. The number of anilines is 1. The summed E-state index contributed by atoms with van der Waals surface area (Å²) >= 11 is 0. The second-order valence-corrected chi connectivity index (χ2v) is 10.2. The highest BCUT2D eigenvalue weighted by molar-refractivity contribution is 5.94. The highest BCUT2D eigenvalue weighted by Crippen LogP contribution is 2.31. The van der Waals surface area contributed by atoms with Crippen LogP contribution in [0.5, 0.6) is 0 Å². The molecular formula is C30H31F3N4O2. The van der Waals surface area contributed by atoms with Crippen molar-refractivity contribution in [2.45, 2.75) is 50.6 Å². The maximum Gasteiger partial charge on any atom is 0.416 e. The van der Waals surface area contributed by atoms with E-state index in [1.165, 1.54) is 22.6 Å². The van der Waals surface area contributed by atoms with Crippen LogP contribution in [-0.2, 0) is 30.5 Å². The molecule has 2 heterocycles. The monoisotopic (exact) mass is 536 g/mol. The van der Waals surface area contributed by atoms with Crippen LogP contribution in [0.2, 0.25) is 0 Å². The molecule has 39 heavy (non-hydrogen) atoms. The van der Waals surface area contributed by atoms with Gasteiger partial charge < -0.3 is 15.5 Å². The van der Waals surface area contributed by atoms with Gasteiger partial charge in [0.1, 0.15) is 6.04 Å². The Kier molecular flexibility index (Phi) is 7.88. The second kappa shape index (κ2) is 11.5. The Morgan fingerprint density at radius 3 is 2.28 bits per heavy atom. The Morgan fingerprint density at radius 2 is 1.56 bits per heavy atom. The van der Waals surface area contributed by atoms with Gasteiger partial charge in [-0.15, -0.1) is 0 Å².